The molecule has 1 heterocycles. The van der Waals surface area contributed by atoms with Gasteiger partial charge < -0.3 is 5.73 Å². The van der Waals surface area contributed by atoms with Gasteiger partial charge in [0.1, 0.15) is 5.82 Å². The number of likely N-dealkylation sites (N-methyl/N-ethyl adjacent to an activating group) is 1. The van der Waals surface area contributed by atoms with Crippen molar-refractivity contribution < 1.29 is 4.39 Å². The summed E-state index contributed by atoms with van der Waals surface area (Å²) in [6, 6.07) is 5.21. The molecule has 2 unspecified atom stereocenters. The van der Waals surface area contributed by atoms with E-state index in [4.69, 9.17) is 17.3 Å². The first kappa shape index (κ1) is 15.7. The molecule has 1 aliphatic heterocycles. The summed E-state index contributed by atoms with van der Waals surface area (Å²) in [4.78, 5) is 4.78. The van der Waals surface area contributed by atoms with Gasteiger partial charge >= 0.3 is 0 Å². The van der Waals surface area contributed by atoms with Crippen LogP contribution in [-0.4, -0.2) is 48.6 Å². The highest BCUT2D eigenvalue weighted by Crippen LogP contribution is 2.26. The Morgan fingerprint density at radius 2 is 2.15 bits per heavy atom. The van der Waals surface area contributed by atoms with E-state index in [2.05, 4.69) is 23.6 Å². The van der Waals surface area contributed by atoms with Gasteiger partial charge in [-0.25, -0.2) is 4.39 Å². The summed E-state index contributed by atoms with van der Waals surface area (Å²) in [7, 11) is 0. The number of hydrogen-bond donors (Lipinski definition) is 1. The summed E-state index contributed by atoms with van der Waals surface area (Å²) in [6.45, 7) is 8.86. The van der Waals surface area contributed by atoms with Crippen molar-refractivity contribution in [2.24, 2.45) is 5.73 Å². The quantitative estimate of drug-likeness (QED) is 0.927. The molecule has 20 heavy (non-hydrogen) atoms. The third-order valence-electron chi connectivity index (χ3n) is 4.14. The molecule has 1 aromatic carbocycles. The van der Waals surface area contributed by atoms with Gasteiger partial charge in [-0.2, -0.15) is 0 Å². The monoisotopic (exact) mass is 299 g/mol. The maximum absolute atomic E-state index is 13.5. The second-order valence-corrected chi connectivity index (χ2v) is 5.86. The molecular weight excluding hydrogens is 277 g/mol. The molecule has 1 aromatic rings. The highest BCUT2D eigenvalue weighted by Gasteiger charge is 2.28. The Balaban J connectivity index is 2.16. The molecule has 5 heteroatoms. The van der Waals surface area contributed by atoms with Crippen molar-refractivity contribution in [3.05, 3.63) is 34.6 Å². The highest BCUT2D eigenvalue weighted by atomic mass is 35.5. The zero-order valence-electron chi connectivity index (χ0n) is 12.1. The van der Waals surface area contributed by atoms with E-state index in [0.717, 1.165) is 31.7 Å². The number of piperazine rings is 1. The summed E-state index contributed by atoms with van der Waals surface area (Å²) in [6.07, 6.45) is 0. The lowest BCUT2D eigenvalue weighted by molar-refractivity contribution is 0.0606. The Morgan fingerprint density at radius 3 is 2.70 bits per heavy atom. The first-order valence-electron chi connectivity index (χ1n) is 7.19. The lowest BCUT2D eigenvalue weighted by Crippen LogP contribution is -2.53. The van der Waals surface area contributed by atoms with Gasteiger partial charge in [0.15, 0.2) is 0 Å². The van der Waals surface area contributed by atoms with Gasteiger partial charge in [0.2, 0.25) is 0 Å². The van der Waals surface area contributed by atoms with Crippen LogP contribution in [0, 0.1) is 5.82 Å². The molecule has 112 valence electrons. The minimum atomic E-state index is -0.300. The first-order valence-corrected chi connectivity index (χ1v) is 7.57. The fourth-order valence-corrected chi connectivity index (χ4v) is 3.27. The highest BCUT2D eigenvalue weighted by molar-refractivity contribution is 6.30. The van der Waals surface area contributed by atoms with E-state index in [1.807, 2.05) is 6.07 Å². The number of hydrogen-bond acceptors (Lipinski definition) is 3. The smallest absolute Gasteiger partial charge is 0.125 e. The van der Waals surface area contributed by atoms with Crippen LogP contribution in [0.1, 0.15) is 25.5 Å². The van der Waals surface area contributed by atoms with Gasteiger partial charge in [-0.3, -0.25) is 9.80 Å². The number of rotatable bonds is 4. The maximum atomic E-state index is 13.5. The number of nitrogens with zero attached hydrogens (tertiary/aromatic N) is 2. The van der Waals surface area contributed by atoms with Crippen LogP contribution in [-0.2, 0) is 0 Å². The van der Waals surface area contributed by atoms with E-state index < -0.39 is 0 Å². The molecule has 0 bridgehead atoms. The fraction of sp³-hybridized carbons (Fsp3) is 0.600. The van der Waals surface area contributed by atoms with Gasteiger partial charge in [0.25, 0.3) is 0 Å². The van der Waals surface area contributed by atoms with E-state index in [-0.39, 0.29) is 11.9 Å². The first-order chi connectivity index (χ1) is 9.55. The largest absolute Gasteiger partial charge is 0.329 e. The van der Waals surface area contributed by atoms with Crippen molar-refractivity contribution in [1.29, 1.82) is 0 Å². The van der Waals surface area contributed by atoms with E-state index in [9.17, 15) is 4.39 Å². The van der Waals surface area contributed by atoms with Crippen LogP contribution in [0.4, 0.5) is 4.39 Å². The summed E-state index contributed by atoms with van der Waals surface area (Å²) in [5.41, 5.74) is 6.80. The molecular formula is C15H23ClFN3. The van der Waals surface area contributed by atoms with E-state index in [1.165, 1.54) is 6.07 Å². The summed E-state index contributed by atoms with van der Waals surface area (Å²) >= 11 is 5.96. The molecule has 0 radical (unpaired) electrons. The minimum Gasteiger partial charge on any atom is -0.329 e. The zero-order chi connectivity index (χ0) is 14.7. The Hall–Kier alpha value is -0.680. The van der Waals surface area contributed by atoms with Gasteiger partial charge in [0.05, 0.1) is 0 Å². The third-order valence-corrected chi connectivity index (χ3v) is 4.35. The van der Waals surface area contributed by atoms with Crippen molar-refractivity contribution in [3.8, 4) is 0 Å². The summed E-state index contributed by atoms with van der Waals surface area (Å²) in [5, 5.41) is 0.429. The van der Waals surface area contributed by atoms with Crippen LogP contribution in [0.2, 0.25) is 5.02 Å². The van der Waals surface area contributed by atoms with Gasteiger partial charge in [-0.05, 0) is 37.2 Å². The molecule has 1 fully saturated rings. The molecule has 1 saturated heterocycles. The van der Waals surface area contributed by atoms with Crippen LogP contribution < -0.4 is 5.73 Å². The molecule has 2 N–H and O–H groups in total. The van der Waals surface area contributed by atoms with Crippen LogP contribution in [0.5, 0.6) is 0 Å². The minimum absolute atomic E-state index is 0.0321. The Bertz CT molecular complexity index is 434. The molecule has 0 aromatic heterocycles. The number of halogens is 2. The van der Waals surface area contributed by atoms with Crippen LogP contribution in [0.15, 0.2) is 18.2 Å². The Kier molecular flexibility index (Phi) is 5.38. The summed E-state index contributed by atoms with van der Waals surface area (Å²) in [5.74, 6) is -0.300. The molecule has 0 amide bonds. The van der Waals surface area contributed by atoms with Crippen molar-refractivity contribution in [1.82, 2.24) is 9.80 Å². The topological polar surface area (TPSA) is 32.5 Å². The van der Waals surface area contributed by atoms with Crippen LogP contribution >= 0.6 is 11.6 Å². The predicted octanol–water partition coefficient (Wildman–Crippen LogP) is 2.50. The van der Waals surface area contributed by atoms with Crippen LogP contribution in [0.3, 0.4) is 0 Å². The van der Waals surface area contributed by atoms with Crippen molar-refractivity contribution in [2.45, 2.75) is 25.9 Å². The second kappa shape index (κ2) is 6.85. The Labute approximate surface area is 125 Å². The molecule has 0 spiro atoms. The molecule has 2 atom stereocenters. The average Bonchev–Trinajstić information content (AvgIpc) is 2.38. The van der Waals surface area contributed by atoms with Crippen LogP contribution in [0.25, 0.3) is 0 Å². The van der Waals surface area contributed by atoms with Gasteiger partial charge in [-0.15, -0.1) is 0 Å². The van der Waals surface area contributed by atoms with Crippen molar-refractivity contribution in [3.63, 3.8) is 0 Å². The Morgan fingerprint density at radius 1 is 1.40 bits per heavy atom. The second-order valence-electron chi connectivity index (χ2n) is 5.43. The third kappa shape index (κ3) is 3.50. The molecule has 1 aliphatic rings. The normalized spacial score (nSPS) is 22.9. The lowest BCUT2D eigenvalue weighted by atomic mass is 10.0. The van der Waals surface area contributed by atoms with Crippen molar-refractivity contribution >= 4 is 11.6 Å². The molecule has 3 nitrogen and oxygen atoms in total. The van der Waals surface area contributed by atoms with E-state index >= 15 is 0 Å². The average molecular weight is 300 g/mol. The molecule has 0 saturated carbocycles. The van der Waals surface area contributed by atoms with Crippen molar-refractivity contribution in [2.75, 3.05) is 32.7 Å². The van der Waals surface area contributed by atoms with Gasteiger partial charge in [0, 0.05) is 43.3 Å². The standard InChI is InChI=1S/C15H23ClFN3/c1-3-19-4-5-20(10-11(19)2)15(9-18)12-6-13(16)8-14(17)7-12/h6-8,11,15H,3-5,9-10,18H2,1-2H3. The fourth-order valence-electron chi connectivity index (χ4n) is 3.04. The maximum Gasteiger partial charge on any atom is 0.125 e. The zero-order valence-corrected chi connectivity index (χ0v) is 12.9. The molecule has 0 aliphatic carbocycles. The van der Waals surface area contributed by atoms with E-state index in [1.54, 1.807) is 6.07 Å². The number of benzene rings is 1. The molecule has 2 rings (SSSR count). The lowest BCUT2D eigenvalue weighted by Gasteiger charge is -2.42. The number of nitrogens with two attached hydrogens (primary N) is 1. The van der Waals surface area contributed by atoms with Gasteiger partial charge in [-0.1, -0.05) is 18.5 Å². The van der Waals surface area contributed by atoms with E-state index in [0.29, 0.717) is 17.6 Å². The SMILES string of the molecule is CCN1CCN(C(CN)c2cc(F)cc(Cl)c2)CC1C. The summed E-state index contributed by atoms with van der Waals surface area (Å²) < 4.78 is 13.5. The predicted molar refractivity (Wildman–Crippen MR) is 81.5 cm³/mol.